The fourth-order valence-corrected chi connectivity index (χ4v) is 4.18. The van der Waals surface area contributed by atoms with Crippen molar-refractivity contribution in [3.63, 3.8) is 0 Å². The van der Waals surface area contributed by atoms with Gasteiger partial charge in [0.25, 0.3) is 0 Å². The van der Waals surface area contributed by atoms with Crippen LogP contribution < -0.4 is 0 Å². The minimum absolute atomic E-state index is 0.0334. The summed E-state index contributed by atoms with van der Waals surface area (Å²) >= 11 is 0. The highest BCUT2D eigenvalue weighted by Gasteiger charge is 2.55. The summed E-state index contributed by atoms with van der Waals surface area (Å²) in [4.78, 5) is 0. The van der Waals surface area contributed by atoms with Gasteiger partial charge in [-0.15, -0.1) is 6.58 Å². The van der Waals surface area contributed by atoms with E-state index >= 15 is 0 Å². The van der Waals surface area contributed by atoms with Crippen molar-refractivity contribution in [3.05, 3.63) is 81.9 Å². The number of hydrogen-bond donors (Lipinski definition) is 6. The predicted octanol–water partition coefficient (Wildman–Crippen LogP) is 2.09. The van der Waals surface area contributed by atoms with Gasteiger partial charge in [0.15, 0.2) is 46.5 Å². The number of halogens is 8. The third-order valence-electron chi connectivity index (χ3n) is 5.98. The van der Waals surface area contributed by atoms with Crippen LogP contribution in [0.4, 0.5) is 35.1 Å². The minimum atomic E-state index is -3.47. The van der Waals surface area contributed by atoms with Gasteiger partial charge in [0.05, 0.1) is 6.61 Å². The Morgan fingerprint density at radius 2 is 1.18 bits per heavy atom. The Morgan fingerprint density at radius 1 is 0.763 bits per heavy atom. The molecular formula is C24H24F8O6. The van der Waals surface area contributed by atoms with Crippen LogP contribution in [-0.4, -0.2) is 66.8 Å². The fourth-order valence-electron chi connectivity index (χ4n) is 4.18. The number of benzene rings is 2. The first-order valence-corrected chi connectivity index (χ1v) is 10.8. The normalized spacial score (nSPS) is 17.4. The van der Waals surface area contributed by atoms with E-state index in [1.807, 2.05) is 0 Å². The lowest BCUT2D eigenvalue weighted by Crippen LogP contribution is -2.66. The summed E-state index contributed by atoms with van der Waals surface area (Å²) in [7, 11) is 0. The Hall–Kier alpha value is -2.62. The van der Waals surface area contributed by atoms with Gasteiger partial charge in [-0.1, -0.05) is 5.57 Å². The molecule has 2 rings (SSSR count). The summed E-state index contributed by atoms with van der Waals surface area (Å²) in [5, 5.41) is 63.3. The monoisotopic (exact) mass is 560 g/mol. The van der Waals surface area contributed by atoms with Crippen LogP contribution in [0, 0.1) is 46.5 Å². The number of hydrogen-bond acceptors (Lipinski definition) is 6. The van der Waals surface area contributed by atoms with Gasteiger partial charge in [0.2, 0.25) is 0 Å². The van der Waals surface area contributed by atoms with Gasteiger partial charge in [-0.2, -0.15) is 0 Å². The van der Waals surface area contributed by atoms with Gasteiger partial charge in [-0.25, -0.2) is 35.1 Å². The van der Waals surface area contributed by atoms with E-state index in [1.54, 1.807) is 0 Å². The van der Waals surface area contributed by atoms with E-state index < -0.39 is 113 Å². The average molecular weight is 560 g/mol. The van der Waals surface area contributed by atoms with Gasteiger partial charge in [0.1, 0.15) is 29.5 Å². The quantitative estimate of drug-likeness (QED) is 0.108. The zero-order chi connectivity index (χ0) is 29.3. The standard InChI is InChI=1S/C24H24F8O6/c1-9(2)5-23(37,6-10-3-12(25)17(29)19(31)15(10)27)22(36)24(38,21(35)14(34)8-33)7-11-4-13(26)18(30)20(32)16(11)28/h3-4,14,21-22,33-38H,1,5-8H2,2H3/t14-,21+,22+,23?,24+/m0/s1. The molecular weight excluding hydrogens is 536 g/mol. The smallest absolute Gasteiger partial charge is 0.197 e. The lowest BCUT2D eigenvalue weighted by atomic mass is 9.71. The molecule has 1 unspecified atom stereocenters. The zero-order valence-corrected chi connectivity index (χ0v) is 19.6. The third kappa shape index (κ3) is 6.00. The van der Waals surface area contributed by atoms with Gasteiger partial charge < -0.3 is 30.6 Å². The maximum atomic E-state index is 14.4. The van der Waals surface area contributed by atoms with Crippen LogP contribution in [0.25, 0.3) is 0 Å². The van der Waals surface area contributed by atoms with Gasteiger partial charge >= 0.3 is 0 Å². The minimum Gasteiger partial charge on any atom is -0.394 e. The highest BCUT2D eigenvalue weighted by Crippen LogP contribution is 2.37. The molecule has 6 N–H and O–H groups in total. The predicted molar refractivity (Wildman–Crippen MR) is 114 cm³/mol. The van der Waals surface area contributed by atoms with Crippen LogP contribution in [0.2, 0.25) is 0 Å². The van der Waals surface area contributed by atoms with E-state index in [0.29, 0.717) is 0 Å². The molecule has 0 spiro atoms. The number of rotatable bonds is 11. The number of aliphatic hydroxyl groups is 6. The van der Waals surface area contributed by atoms with Crippen molar-refractivity contribution < 1.29 is 65.8 Å². The Balaban J connectivity index is 2.74. The molecule has 0 saturated heterocycles. The Morgan fingerprint density at radius 3 is 1.58 bits per heavy atom. The van der Waals surface area contributed by atoms with E-state index in [-0.39, 0.29) is 17.7 Å². The van der Waals surface area contributed by atoms with Crippen molar-refractivity contribution in [2.24, 2.45) is 0 Å². The molecule has 2 aromatic carbocycles. The molecule has 0 fully saturated rings. The van der Waals surface area contributed by atoms with E-state index in [0.717, 1.165) is 0 Å². The van der Waals surface area contributed by atoms with Crippen LogP contribution >= 0.6 is 0 Å². The van der Waals surface area contributed by atoms with Crippen LogP contribution in [0.3, 0.4) is 0 Å². The summed E-state index contributed by atoms with van der Waals surface area (Å²) in [6.45, 7) is 3.34. The fraction of sp³-hybridized carbons (Fsp3) is 0.417. The Labute approximate surface area is 210 Å². The molecule has 0 radical (unpaired) electrons. The van der Waals surface area contributed by atoms with Crippen LogP contribution in [0.5, 0.6) is 0 Å². The first kappa shape index (κ1) is 31.6. The van der Waals surface area contributed by atoms with E-state index in [2.05, 4.69) is 6.58 Å². The Bertz CT molecular complexity index is 1210. The summed E-state index contributed by atoms with van der Waals surface area (Å²) < 4.78 is 111. The molecule has 0 heterocycles. The zero-order valence-electron chi connectivity index (χ0n) is 19.6. The first-order valence-electron chi connectivity index (χ1n) is 10.8. The molecule has 6 nitrogen and oxygen atoms in total. The van der Waals surface area contributed by atoms with Crippen molar-refractivity contribution in [2.75, 3.05) is 6.61 Å². The van der Waals surface area contributed by atoms with Crippen molar-refractivity contribution in [1.82, 2.24) is 0 Å². The van der Waals surface area contributed by atoms with Crippen molar-refractivity contribution >= 4 is 0 Å². The lowest BCUT2D eigenvalue weighted by molar-refractivity contribution is -0.228. The lowest BCUT2D eigenvalue weighted by Gasteiger charge is -2.46. The molecule has 5 atom stereocenters. The Kier molecular flexibility index (Phi) is 9.67. The summed E-state index contributed by atoms with van der Waals surface area (Å²) in [6.07, 6.45) is -11.8. The molecule has 0 bridgehead atoms. The highest BCUT2D eigenvalue weighted by atomic mass is 19.2. The van der Waals surface area contributed by atoms with E-state index in [4.69, 9.17) is 0 Å². The van der Waals surface area contributed by atoms with Gasteiger partial charge in [0, 0.05) is 12.8 Å². The molecule has 14 heteroatoms. The van der Waals surface area contributed by atoms with Crippen LogP contribution in [0.15, 0.2) is 24.3 Å². The average Bonchev–Trinajstić information content (AvgIpc) is 2.85. The molecule has 212 valence electrons. The molecule has 0 saturated carbocycles. The second kappa shape index (κ2) is 11.6. The highest BCUT2D eigenvalue weighted by molar-refractivity contribution is 5.28. The second-order valence-corrected chi connectivity index (χ2v) is 9.10. The summed E-state index contributed by atoms with van der Waals surface area (Å²) in [5.41, 5.74) is -8.84. The molecule has 0 aliphatic rings. The van der Waals surface area contributed by atoms with Crippen molar-refractivity contribution in [1.29, 1.82) is 0 Å². The van der Waals surface area contributed by atoms with Gasteiger partial charge in [-0.3, -0.25) is 0 Å². The van der Waals surface area contributed by atoms with Crippen molar-refractivity contribution in [2.45, 2.75) is 55.7 Å². The first-order chi connectivity index (χ1) is 17.4. The summed E-state index contributed by atoms with van der Waals surface area (Å²) in [5.74, 6) is -17.1. The van der Waals surface area contributed by atoms with Crippen molar-refractivity contribution in [3.8, 4) is 0 Å². The molecule has 0 amide bonds. The maximum Gasteiger partial charge on any atom is 0.197 e. The molecule has 0 aromatic heterocycles. The topological polar surface area (TPSA) is 121 Å². The molecule has 2 aromatic rings. The van der Waals surface area contributed by atoms with Crippen LogP contribution in [0.1, 0.15) is 24.5 Å². The van der Waals surface area contributed by atoms with Gasteiger partial charge in [-0.05, 0) is 36.6 Å². The SMILES string of the molecule is C=C(C)CC(O)(Cc1cc(F)c(F)c(F)c1F)[C@@H](O)[C@@](O)(Cc1cc(F)c(F)c(F)c1F)[C@H](O)[C@@H](O)CO. The largest absolute Gasteiger partial charge is 0.394 e. The molecule has 38 heavy (non-hydrogen) atoms. The van der Waals surface area contributed by atoms with Crippen LogP contribution in [-0.2, 0) is 12.8 Å². The molecule has 0 aliphatic heterocycles. The van der Waals surface area contributed by atoms with E-state index in [1.165, 1.54) is 6.92 Å². The van der Waals surface area contributed by atoms with E-state index in [9.17, 15) is 65.8 Å². The summed E-state index contributed by atoms with van der Waals surface area (Å²) in [6, 6.07) is 0.151. The second-order valence-electron chi connectivity index (χ2n) is 9.10. The maximum absolute atomic E-state index is 14.4. The molecule has 0 aliphatic carbocycles. The third-order valence-corrected chi connectivity index (χ3v) is 5.98. The number of aliphatic hydroxyl groups excluding tert-OH is 4.